The lowest BCUT2D eigenvalue weighted by molar-refractivity contribution is -0.123. The molecular weight excluding hydrogens is 329 g/mol. The first-order valence-electron chi connectivity index (χ1n) is 8.39. The maximum absolute atomic E-state index is 13.6. The van der Waals surface area contributed by atoms with Crippen molar-refractivity contribution in [1.82, 2.24) is 0 Å². The molecule has 2 aliphatic rings. The van der Waals surface area contributed by atoms with Gasteiger partial charge in [0.05, 0.1) is 10.9 Å². The molecule has 2 aliphatic carbocycles. The average molecular weight is 352 g/mol. The summed E-state index contributed by atoms with van der Waals surface area (Å²) in [7, 11) is 0. The summed E-state index contributed by atoms with van der Waals surface area (Å²) in [5.41, 5.74) is 11.7. The number of carbonyl (C=O) groups excluding carboxylic acids is 1. The maximum Gasteiger partial charge on any atom is 0.252 e. The van der Waals surface area contributed by atoms with Crippen LogP contribution in [0.5, 0.6) is 0 Å². The number of guanidine groups is 1. The number of fused-ring (bicyclic) bond motifs is 2. The van der Waals surface area contributed by atoms with Crippen molar-refractivity contribution in [3.63, 3.8) is 0 Å². The van der Waals surface area contributed by atoms with Crippen LogP contribution in [0.2, 0.25) is 5.02 Å². The van der Waals surface area contributed by atoms with Crippen molar-refractivity contribution in [1.29, 1.82) is 0 Å². The van der Waals surface area contributed by atoms with E-state index in [0.29, 0.717) is 17.8 Å². The first-order valence-corrected chi connectivity index (χ1v) is 8.77. The third-order valence-corrected chi connectivity index (χ3v) is 6.04. The van der Waals surface area contributed by atoms with Crippen LogP contribution < -0.4 is 11.5 Å². The summed E-state index contributed by atoms with van der Waals surface area (Å²) in [4.78, 5) is 16.5. The summed E-state index contributed by atoms with van der Waals surface area (Å²) in [5, 5.41) is 0.0874. The fourth-order valence-corrected chi connectivity index (χ4v) is 5.35. The van der Waals surface area contributed by atoms with Crippen LogP contribution >= 0.6 is 11.6 Å². The van der Waals surface area contributed by atoms with E-state index in [2.05, 4.69) is 18.8 Å². The molecule has 0 spiro atoms. The van der Waals surface area contributed by atoms with E-state index < -0.39 is 5.82 Å². The van der Waals surface area contributed by atoms with Crippen LogP contribution in [0, 0.1) is 35.4 Å². The number of rotatable bonds is 3. The van der Waals surface area contributed by atoms with Gasteiger partial charge in [0.1, 0.15) is 5.82 Å². The normalized spacial score (nSPS) is 31.5. The van der Waals surface area contributed by atoms with E-state index in [1.807, 2.05) is 0 Å². The van der Waals surface area contributed by atoms with E-state index in [4.69, 9.17) is 23.1 Å². The molecule has 2 saturated carbocycles. The Hall–Kier alpha value is -1.62. The minimum atomic E-state index is -0.448. The third-order valence-electron chi connectivity index (χ3n) is 5.75. The Balaban J connectivity index is 2.04. The van der Waals surface area contributed by atoms with Crippen molar-refractivity contribution >= 4 is 23.5 Å². The zero-order valence-corrected chi connectivity index (χ0v) is 14.6. The minimum Gasteiger partial charge on any atom is -0.370 e. The highest BCUT2D eigenvalue weighted by Gasteiger charge is 2.57. The molecule has 1 aromatic rings. The van der Waals surface area contributed by atoms with Gasteiger partial charge < -0.3 is 11.5 Å². The van der Waals surface area contributed by atoms with Crippen LogP contribution in [-0.4, -0.2) is 11.9 Å². The molecule has 130 valence electrons. The van der Waals surface area contributed by atoms with Gasteiger partial charge in [-0.3, -0.25) is 4.79 Å². The number of hydrogen-bond acceptors (Lipinski definition) is 1. The summed E-state index contributed by atoms with van der Waals surface area (Å²) in [6, 6.07) is 4.76. The van der Waals surface area contributed by atoms with Gasteiger partial charge in [-0.2, -0.15) is 4.99 Å². The molecule has 6 heteroatoms. The summed E-state index contributed by atoms with van der Waals surface area (Å²) < 4.78 is 13.6. The van der Waals surface area contributed by atoms with Gasteiger partial charge in [0.2, 0.25) is 0 Å². The van der Waals surface area contributed by atoms with Gasteiger partial charge >= 0.3 is 0 Å². The predicted molar refractivity (Wildman–Crippen MR) is 93.0 cm³/mol. The Kier molecular flexibility index (Phi) is 4.56. The Morgan fingerprint density at radius 2 is 1.96 bits per heavy atom. The molecule has 3 rings (SSSR count). The molecular formula is C18H23ClFN3O. The van der Waals surface area contributed by atoms with Gasteiger partial charge in [-0.05, 0) is 60.1 Å². The molecule has 2 fully saturated rings. The second-order valence-corrected chi connectivity index (χ2v) is 7.73. The maximum atomic E-state index is 13.6. The van der Waals surface area contributed by atoms with Gasteiger partial charge in [0, 0.05) is 0 Å². The number of benzene rings is 1. The molecule has 1 aromatic carbocycles. The molecule has 4 N–H and O–H groups in total. The Morgan fingerprint density at radius 1 is 1.29 bits per heavy atom. The lowest BCUT2D eigenvalue weighted by atomic mass is 9.75. The molecule has 0 radical (unpaired) electrons. The molecule has 0 aliphatic heterocycles. The van der Waals surface area contributed by atoms with Gasteiger partial charge in [0.25, 0.3) is 5.91 Å². The van der Waals surface area contributed by atoms with E-state index in [-0.39, 0.29) is 34.6 Å². The lowest BCUT2D eigenvalue weighted by Gasteiger charge is -2.29. The average Bonchev–Trinajstić information content (AvgIpc) is 3.05. The number of aliphatic imine (C=N–C) groups is 1. The highest BCUT2D eigenvalue weighted by atomic mass is 35.5. The topological polar surface area (TPSA) is 81.5 Å². The van der Waals surface area contributed by atoms with Gasteiger partial charge in [-0.15, -0.1) is 0 Å². The van der Waals surface area contributed by atoms with Crippen LogP contribution in [-0.2, 0) is 4.79 Å². The standard InChI is InChI=1S/C18H23ClFN3O/c1-8(2)14-10-4-5-11(14)16(17(24)23-18(21)22)15(10)9-3-6-13(20)12(19)7-9/h3,6-8,10-11,14-16H,4-5H2,1-2H3,(H4,21,22,23,24)/t10?,11?,14?,15-,16-/m1/s1. The van der Waals surface area contributed by atoms with Crippen molar-refractivity contribution in [2.75, 3.05) is 0 Å². The number of halogens is 2. The van der Waals surface area contributed by atoms with Crippen molar-refractivity contribution in [3.8, 4) is 0 Å². The zero-order valence-electron chi connectivity index (χ0n) is 13.9. The number of hydrogen-bond donors (Lipinski definition) is 2. The Morgan fingerprint density at radius 3 is 2.54 bits per heavy atom. The number of amides is 1. The number of carbonyl (C=O) groups is 1. The number of nitrogens with zero attached hydrogens (tertiary/aromatic N) is 1. The molecule has 24 heavy (non-hydrogen) atoms. The van der Waals surface area contributed by atoms with Crippen LogP contribution in [0.1, 0.15) is 38.2 Å². The van der Waals surface area contributed by atoms with E-state index >= 15 is 0 Å². The van der Waals surface area contributed by atoms with Crippen LogP contribution in [0.15, 0.2) is 23.2 Å². The van der Waals surface area contributed by atoms with E-state index in [1.165, 1.54) is 6.07 Å². The smallest absolute Gasteiger partial charge is 0.252 e. The van der Waals surface area contributed by atoms with Gasteiger partial charge in [0.15, 0.2) is 5.96 Å². The molecule has 2 bridgehead atoms. The second-order valence-electron chi connectivity index (χ2n) is 7.33. The molecule has 3 unspecified atom stereocenters. The molecule has 5 atom stereocenters. The zero-order chi connectivity index (χ0) is 17.6. The quantitative estimate of drug-likeness (QED) is 0.647. The second kappa shape index (κ2) is 6.36. The Bertz CT molecular complexity index is 687. The predicted octanol–water partition coefficient (Wildman–Crippen LogP) is 3.29. The lowest BCUT2D eigenvalue weighted by Crippen LogP contribution is -2.31. The summed E-state index contributed by atoms with van der Waals surface area (Å²) in [5.74, 6) is 0.359. The number of nitrogens with two attached hydrogens (primary N) is 2. The van der Waals surface area contributed by atoms with E-state index in [9.17, 15) is 9.18 Å². The molecule has 0 saturated heterocycles. The fraction of sp³-hybridized carbons (Fsp3) is 0.556. The van der Waals surface area contributed by atoms with E-state index in [0.717, 1.165) is 18.4 Å². The van der Waals surface area contributed by atoms with E-state index in [1.54, 1.807) is 12.1 Å². The summed E-state index contributed by atoms with van der Waals surface area (Å²) in [6.45, 7) is 4.39. The van der Waals surface area contributed by atoms with Crippen LogP contribution in [0.4, 0.5) is 4.39 Å². The molecule has 0 heterocycles. The molecule has 1 amide bonds. The summed E-state index contributed by atoms with van der Waals surface area (Å²) in [6.07, 6.45) is 2.08. The largest absolute Gasteiger partial charge is 0.370 e. The third kappa shape index (κ3) is 2.79. The highest BCUT2D eigenvalue weighted by molar-refractivity contribution is 6.30. The van der Waals surface area contributed by atoms with Crippen LogP contribution in [0.3, 0.4) is 0 Å². The van der Waals surface area contributed by atoms with Gasteiger partial charge in [-0.1, -0.05) is 31.5 Å². The highest BCUT2D eigenvalue weighted by Crippen LogP contribution is 2.62. The SMILES string of the molecule is CC(C)C1C2CCC1[C@@H](c1ccc(F)c(Cl)c1)[C@@H]2C(=O)N=C(N)N. The fourth-order valence-electron chi connectivity index (χ4n) is 5.16. The van der Waals surface area contributed by atoms with Crippen molar-refractivity contribution in [3.05, 3.63) is 34.6 Å². The minimum absolute atomic E-state index is 0.00940. The Labute approximate surface area is 146 Å². The van der Waals surface area contributed by atoms with Crippen molar-refractivity contribution < 1.29 is 9.18 Å². The van der Waals surface area contributed by atoms with Gasteiger partial charge in [-0.25, -0.2) is 4.39 Å². The monoisotopic (exact) mass is 351 g/mol. The first kappa shape index (κ1) is 17.2. The first-order chi connectivity index (χ1) is 11.3. The van der Waals surface area contributed by atoms with Crippen molar-refractivity contribution in [2.45, 2.75) is 32.6 Å². The molecule has 0 aromatic heterocycles. The van der Waals surface area contributed by atoms with Crippen LogP contribution in [0.25, 0.3) is 0 Å². The summed E-state index contributed by atoms with van der Waals surface area (Å²) >= 11 is 5.98. The molecule has 4 nitrogen and oxygen atoms in total. The van der Waals surface area contributed by atoms with Crippen molar-refractivity contribution in [2.24, 2.45) is 46.0 Å².